The van der Waals surface area contributed by atoms with E-state index in [2.05, 4.69) is 42.6 Å². The summed E-state index contributed by atoms with van der Waals surface area (Å²) in [5.74, 6) is 2.50. The van der Waals surface area contributed by atoms with E-state index >= 15 is 0 Å². The van der Waals surface area contributed by atoms with Crippen molar-refractivity contribution in [2.24, 2.45) is 5.92 Å². The zero-order valence-electron chi connectivity index (χ0n) is 13.7. The van der Waals surface area contributed by atoms with Crippen LogP contribution >= 0.6 is 0 Å². The second-order valence-electron chi connectivity index (χ2n) is 6.21. The summed E-state index contributed by atoms with van der Waals surface area (Å²) < 4.78 is 3.82. The molecule has 1 atom stereocenters. The van der Waals surface area contributed by atoms with E-state index in [0.29, 0.717) is 5.92 Å². The Morgan fingerprint density at radius 1 is 1.38 bits per heavy atom. The van der Waals surface area contributed by atoms with Crippen molar-refractivity contribution in [3.63, 3.8) is 0 Å². The lowest BCUT2D eigenvalue weighted by Crippen LogP contribution is -2.35. The minimum Gasteiger partial charge on any atom is -0.370 e. The highest BCUT2D eigenvalue weighted by atomic mass is 15.3. The van der Waals surface area contributed by atoms with Gasteiger partial charge in [-0.25, -0.2) is 14.3 Å². The first-order chi connectivity index (χ1) is 11.8. The first-order valence-corrected chi connectivity index (χ1v) is 8.22. The molecule has 7 heteroatoms. The Kier molecular flexibility index (Phi) is 4.00. The fourth-order valence-corrected chi connectivity index (χ4v) is 3.00. The highest BCUT2D eigenvalue weighted by molar-refractivity contribution is 5.38. The summed E-state index contributed by atoms with van der Waals surface area (Å²) >= 11 is 0. The third kappa shape index (κ3) is 3.16. The maximum atomic E-state index is 4.51. The Morgan fingerprint density at radius 3 is 3.12 bits per heavy atom. The van der Waals surface area contributed by atoms with Crippen molar-refractivity contribution in [1.82, 2.24) is 29.9 Å². The van der Waals surface area contributed by atoms with Gasteiger partial charge in [0.25, 0.3) is 0 Å². The Labute approximate surface area is 140 Å². The van der Waals surface area contributed by atoms with E-state index in [0.717, 1.165) is 43.5 Å². The van der Waals surface area contributed by atoms with E-state index in [9.17, 15) is 0 Å². The van der Waals surface area contributed by atoms with Crippen LogP contribution in [0.4, 0.5) is 5.82 Å². The quantitative estimate of drug-likeness (QED) is 0.746. The summed E-state index contributed by atoms with van der Waals surface area (Å²) in [6.07, 6.45) is 5.54. The molecule has 0 spiro atoms. The van der Waals surface area contributed by atoms with Crippen LogP contribution in [-0.2, 0) is 13.1 Å². The second kappa shape index (κ2) is 6.45. The summed E-state index contributed by atoms with van der Waals surface area (Å²) in [5, 5.41) is 15.7. The fourth-order valence-electron chi connectivity index (χ4n) is 3.00. The number of hydrogen-bond acceptors (Lipinski definition) is 5. The number of fused-ring (bicyclic) bond motifs is 1. The van der Waals surface area contributed by atoms with Crippen molar-refractivity contribution in [3.05, 3.63) is 54.1 Å². The Balaban J connectivity index is 1.28. The molecule has 0 saturated heterocycles. The minimum atomic E-state index is 0.535. The maximum Gasteiger partial charge on any atom is 0.153 e. The van der Waals surface area contributed by atoms with Gasteiger partial charge in [-0.05, 0) is 24.6 Å². The highest BCUT2D eigenvalue weighted by Gasteiger charge is 2.18. The summed E-state index contributed by atoms with van der Waals surface area (Å²) in [7, 11) is 0. The predicted octanol–water partition coefficient (Wildman–Crippen LogP) is 1.60. The molecule has 1 aliphatic heterocycles. The van der Waals surface area contributed by atoms with Crippen LogP contribution in [0.25, 0.3) is 5.82 Å². The normalized spacial score (nSPS) is 16.6. The average molecular weight is 323 g/mol. The van der Waals surface area contributed by atoms with Crippen LogP contribution < -0.4 is 10.6 Å². The van der Waals surface area contributed by atoms with E-state index in [-0.39, 0.29) is 0 Å². The molecular formula is C17H21N7. The summed E-state index contributed by atoms with van der Waals surface area (Å²) in [6.45, 7) is 5.73. The van der Waals surface area contributed by atoms with Gasteiger partial charge in [-0.15, -0.1) is 0 Å². The number of rotatable bonds is 5. The first-order valence-electron chi connectivity index (χ1n) is 8.22. The topological polar surface area (TPSA) is 72.6 Å². The Hall–Kier alpha value is -2.67. The molecule has 124 valence electrons. The molecule has 3 aromatic heterocycles. The molecular weight excluding hydrogens is 302 g/mol. The molecule has 1 aliphatic rings. The Bertz CT molecular complexity index is 789. The molecule has 0 saturated carbocycles. The van der Waals surface area contributed by atoms with Crippen LogP contribution in [0.15, 0.2) is 42.9 Å². The van der Waals surface area contributed by atoms with Crippen molar-refractivity contribution < 1.29 is 0 Å². The summed E-state index contributed by atoms with van der Waals surface area (Å²) in [6, 6.07) is 8.06. The van der Waals surface area contributed by atoms with Crippen molar-refractivity contribution in [2.45, 2.75) is 20.0 Å². The minimum absolute atomic E-state index is 0.535. The third-order valence-electron chi connectivity index (χ3n) is 4.22. The van der Waals surface area contributed by atoms with Crippen molar-refractivity contribution in [3.8, 4) is 5.82 Å². The van der Waals surface area contributed by atoms with Crippen LogP contribution in [-0.4, -0.2) is 37.6 Å². The van der Waals surface area contributed by atoms with Gasteiger partial charge < -0.3 is 10.6 Å². The molecule has 3 aromatic rings. The molecule has 0 radical (unpaired) electrons. The number of nitrogens with one attached hydrogen (secondary N) is 2. The third-order valence-corrected chi connectivity index (χ3v) is 4.22. The highest BCUT2D eigenvalue weighted by Crippen LogP contribution is 2.18. The maximum absolute atomic E-state index is 4.51. The molecule has 0 unspecified atom stereocenters. The monoisotopic (exact) mass is 323 g/mol. The van der Waals surface area contributed by atoms with Gasteiger partial charge in [0.2, 0.25) is 0 Å². The van der Waals surface area contributed by atoms with Crippen LogP contribution in [0, 0.1) is 12.8 Å². The summed E-state index contributed by atoms with van der Waals surface area (Å²) in [5.41, 5.74) is 2.24. The fraction of sp³-hybridized carbons (Fsp3) is 0.353. The first kappa shape index (κ1) is 14.9. The second-order valence-corrected chi connectivity index (χ2v) is 6.21. The van der Waals surface area contributed by atoms with E-state index in [1.54, 1.807) is 10.9 Å². The van der Waals surface area contributed by atoms with E-state index in [1.165, 1.54) is 5.56 Å². The molecule has 7 nitrogen and oxygen atoms in total. The van der Waals surface area contributed by atoms with Gasteiger partial charge in [0, 0.05) is 56.8 Å². The smallest absolute Gasteiger partial charge is 0.153 e. The van der Waals surface area contributed by atoms with Gasteiger partial charge >= 0.3 is 0 Å². The SMILES string of the molecule is Cc1cc2n(n1)C[C@H](CNCc1ccc(-n3cccn3)nc1)CN2. The van der Waals surface area contributed by atoms with Gasteiger partial charge in [-0.3, -0.25) is 0 Å². The van der Waals surface area contributed by atoms with E-state index in [1.807, 2.05) is 31.5 Å². The predicted molar refractivity (Wildman–Crippen MR) is 92.0 cm³/mol. The molecule has 0 aliphatic carbocycles. The number of nitrogens with zero attached hydrogens (tertiary/aromatic N) is 5. The van der Waals surface area contributed by atoms with Gasteiger partial charge in [0.15, 0.2) is 5.82 Å². The van der Waals surface area contributed by atoms with Crippen LogP contribution in [0.3, 0.4) is 0 Å². The van der Waals surface area contributed by atoms with Crippen molar-refractivity contribution in [1.29, 1.82) is 0 Å². The van der Waals surface area contributed by atoms with Gasteiger partial charge in [-0.2, -0.15) is 10.2 Å². The zero-order chi connectivity index (χ0) is 16.4. The van der Waals surface area contributed by atoms with Crippen LogP contribution in [0.2, 0.25) is 0 Å². The number of anilines is 1. The van der Waals surface area contributed by atoms with E-state index < -0.39 is 0 Å². The molecule has 0 amide bonds. The van der Waals surface area contributed by atoms with Crippen molar-refractivity contribution in [2.75, 3.05) is 18.4 Å². The molecule has 4 heterocycles. The van der Waals surface area contributed by atoms with E-state index in [4.69, 9.17) is 0 Å². The summed E-state index contributed by atoms with van der Waals surface area (Å²) in [4.78, 5) is 4.45. The standard InChI is InChI=1S/C17H21N7/c1-13-7-17-20-11-15(12-24(17)22-13)9-18-8-14-3-4-16(19-10-14)23-6-2-5-21-23/h2-7,10,15,18,20H,8-9,11-12H2,1H3/t15-/m1/s1. The zero-order valence-corrected chi connectivity index (χ0v) is 13.7. The molecule has 24 heavy (non-hydrogen) atoms. The lowest BCUT2D eigenvalue weighted by atomic mass is 10.1. The number of aromatic nitrogens is 5. The van der Waals surface area contributed by atoms with Crippen molar-refractivity contribution >= 4 is 5.82 Å². The molecule has 0 fully saturated rings. The van der Waals surface area contributed by atoms with Crippen LogP contribution in [0.5, 0.6) is 0 Å². The molecule has 4 rings (SSSR count). The van der Waals surface area contributed by atoms with Gasteiger partial charge in [0.1, 0.15) is 5.82 Å². The molecule has 0 bridgehead atoms. The number of aryl methyl sites for hydroxylation is 1. The number of hydrogen-bond donors (Lipinski definition) is 2. The number of pyridine rings is 1. The van der Waals surface area contributed by atoms with Gasteiger partial charge in [0.05, 0.1) is 5.69 Å². The molecule has 0 aromatic carbocycles. The average Bonchev–Trinajstić information content (AvgIpc) is 3.24. The largest absolute Gasteiger partial charge is 0.370 e. The lowest BCUT2D eigenvalue weighted by Gasteiger charge is -2.25. The lowest BCUT2D eigenvalue weighted by molar-refractivity contribution is 0.390. The Morgan fingerprint density at radius 2 is 2.33 bits per heavy atom. The van der Waals surface area contributed by atoms with Crippen LogP contribution in [0.1, 0.15) is 11.3 Å². The molecule has 2 N–H and O–H groups in total. The van der Waals surface area contributed by atoms with Gasteiger partial charge in [-0.1, -0.05) is 6.07 Å².